The van der Waals surface area contributed by atoms with Crippen molar-refractivity contribution in [1.29, 1.82) is 0 Å². The van der Waals surface area contributed by atoms with Gasteiger partial charge in [0.15, 0.2) is 0 Å². The lowest BCUT2D eigenvalue weighted by molar-refractivity contribution is 0.0945. The number of hydrogen-bond acceptors (Lipinski definition) is 5. The third kappa shape index (κ3) is 4.08. The summed E-state index contributed by atoms with van der Waals surface area (Å²) in [7, 11) is 2.09. The number of hydrogen-bond donors (Lipinski definition) is 2. The quantitative estimate of drug-likeness (QED) is 0.551. The highest BCUT2D eigenvalue weighted by molar-refractivity contribution is 6.33. The predicted molar refractivity (Wildman–Crippen MR) is 130 cm³/mol. The van der Waals surface area contributed by atoms with Crippen LogP contribution in [0.5, 0.6) is 0 Å². The van der Waals surface area contributed by atoms with Crippen LogP contribution in [0.1, 0.15) is 15.9 Å². The van der Waals surface area contributed by atoms with Gasteiger partial charge in [0.05, 0.1) is 5.02 Å². The third-order valence-corrected chi connectivity index (χ3v) is 6.84. The van der Waals surface area contributed by atoms with Crippen LogP contribution in [0.4, 0.5) is 20.3 Å². The number of anilines is 2. The Morgan fingerprint density at radius 3 is 2.47 bits per heavy atom. The molecule has 1 saturated heterocycles. The van der Waals surface area contributed by atoms with Crippen LogP contribution < -0.4 is 16.0 Å². The van der Waals surface area contributed by atoms with Crippen molar-refractivity contribution in [2.45, 2.75) is 6.42 Å². The molecule has 0 spiro atoms. The zero-order valence-electron chi connectivity index (χ0n) is 18.7. The van der Waals surface area contributed by atoms with Crippen LogP contribution in [-0.4, -0.2) is 55.6 Å². The van der Waals surface area contributed by atoms with E-state index in [-0.39, 0.29) is 28.4 Å². The first kappa shape index (κ1) is 22.6. The Balaban J connectivity index is 1.54. The highest BCUT2D eigenvalue weighted by atomic mass is 35.5. The van der Waals surface area contributed by atoms with Gasteiger partial charge in [0.2, 0.25) is 5.95 Å². The minimum atomic E-state index is -0.784. The molecule has 9 heteroatoms. The van der Waals surface area contributed by atoms with Crippen molar-refractivity contribution in [2.24, 2.45) is 0 Å². The average Bonchev–Trinajstić information content (AvgIpc) is 2.81. The number of nitrogen functional groups attached to an aromatic ring is 1. The van der Waals surface area contributed by atoms with E-state index in [2.05, 4.69) is 27.1 Å². The first-order valence-electron chi connectivity index (χ1n) is 11.1. The lowest BCUT2D eigenvalue weighted by atomic mass is 9.93. The Morgan fingerprint density at radius 1 is 0.971 bits per heavy atom. The Hall–Kier alpha value is -3.23. The number of nitrogens with one attached hydrogen (secondary N) is 1. The molecule has 0 bridgehead atoms. The van der Waals surface area contributed by atoms with Gasteiger partial charge in [-0.15, -0.1) is 0 Å². The highest BCUT2D eigenvalue weighted by Gasteiger charge is 2.23. The zero-order valence-corrected chi connectivity index (χ0v) is 19.4. The maximum atomic E-state index is 15.0. The molecule has 5 rings (SSSR count). The topological polar surface area (TPSA) is 74.5 Å². The molecular weight excluding hydrogens is 460 g/mol. The first-order valence-corrected chi connectivity index (χ1v) is 11.5. The summed E-state index contributed by atoms with van der Waals surface area (Å²) in [4.78, 5) is 20.4. The van der Waals surface area contributed by atoms with Crippen molar-refractivity contribution in [3.8, 4) is 22.3 Å². The fourth-order valence-electron chi connectivity index (χ4n) is 4.54. The number of carbonyl (C=O) groups excluding carboxylic acids is 1. The van der Waals surface area contributed by atoms with E-state index in [1.54, 1.807) is 12.1 Å². The Morgan fingerprint density at radius 2 is 1.74 bits per heavy atom. The SMILES string of the molecule is CN1CCN(c2ccc(-c3cc(-c4cc5c(cc4F)C(=O)NCC5)c(N)nc3F)c(Cl)c2)CC1. The molecule has 3 aromatic rings. The second kappa shape index (κ2) is 8.85. The number of carbonyl (C=O) groups is 1. The number of nitrogens with two attached hydrogens (primary N) is 1. The lowest BCUT2D eigenvalue weighted by Crippen LogP contribution is -2.44. The molecule has 0 atom stereocenters. The summed E-state index contributed by atoms with van der Waals surface area (Å²) in [5.41, 5.74) is 8.97. The second-order valence-corrected chi connectivity index (χ2v) is 9.12. The molecule has 3 N–H and O–H groups in total. The predicted octanol–water partition coefficient (Wildman–Crippen LogP) is 3.97. The maximum Gasteiger partial charge on any atom is 0.251 e. The Kier molecular flexibility index (Phi) is 5.87. The van der Waals surface area contributed by atoms with Crippen LogP contribution in [0, 0.1) is 11.8 Å². The van der Waals surface area contributed by atoms with Gasteiger partial charge in [-0.05, 0) is 49.4 Å². The van der Waals surface area contributed by atoms with Crippen LogP contribution in [0.2, 0.25) is 5.02 Å². The van der Waals surface area contributed by atoms with Gasteiger partial charge in [-0.25, -0.2) is 9.37 Å². The van der Waals surface area contributed by atoms with E-state index in [4.69, 9.17) is 17.3 Å². The molecule has 1 fully saturated rings. The molecule has 0 saturated carbocycles. The van der Waals surface area contributed by atoms with Gasteiger partial charge >= 0.3 is 0 Å². The number of piperazine rings is 1. The fraction of sp³-hybridized carbons (Fsp3) is 0.280. The van der Waals surface area contributed by atoms with E-state index in [0.29, 0.717) is 34.7 Å². The number of likely N-dealkylation sites (N-methyl/N-ethyl adjacent to an activating group) is 1. The normalized spacial score (nSPS) is 16.4. The van der Waals surface area contributed by atoms with E-state index in [1.165, 1.54) is 12.1 Å². The van der Waals surface area contributed by atoms with Crippen LogP contribution >= 0.6 is 11.6 Å². The van der Waals surface area contributed by atoms with Gasteiger partial charge in [-0.2, -0.15) is 4.39 Å². The van der Waals surface area contributed by atoms with E-state index in [0.717, 1.165) is 31.9 Å². The smallest absolute Gasteiger partial charge is 0.251 e. The summed E-state index contributed by atoms with van der Waals surface area (Å²) in [5.74, 6) is -1.86. The van der Waals surface area contributed by atoms with Gasteiger partial charge in [0.1, 0.15) is 11.6 Å². The number of rotatable bonds is 3. The number of benzene rings is 2. The molecule has 1 aromatic heterocycles. The molecule has 0 unspecified atom stereocenters. The molecule has 34 heavy (non-hydrogen) atoms. The molecule has 1 amide bonds. The summed E-state index contributed by atoms with van der Waals surface area (Å²) in [6.45, 7) is 4.13. The van der Waals surface area contributed by atoms with Crippen molar-refractivity contribution in [3.05, 3.63) is 64.3 Å². The first-order chi connectivity index (χ1) is 16.3. The fourth-order valence-corrected chi connectivity index (χ4v) is 4.82. The lowest BCUT2D eigenvalue weighted by Gasteiger charge is -2.34. The van der Waals surface area contributed by atoms with Crippen molar-refractivity contribution >= 4 is 29.0 Å². The van der Waals surface area contributed by atoms with Crippen LogP contribution in [0.15, 0.2) is 36.4 Å². The van der Waals surface area contributed by atoms with Crippen LogP contribution in [0.3, 0.4) is 0 Å². The Labute approximate surface area is 201 Å². The molecule has 3 heterocycles. The summed E-state index contributed by atoms with van der Waals surface area (Å²) in [6, 6.07) is 9.73. The molecule has 0 aliphatic carbocycles. The number of halogens is 3. The second-order valence-electron chi connectivity index (χ2n) is 8.71. The summed E-state index contributed by atoms with van der Waals surface area (Å²) < 4.78 is 29.9. The number of amides is 1. The van der Waals surface area contributed by atoms with Crippen molar-refractivity contribution in [2.75, 3.05) is 50.4 Å². The van der Waals surface area contributed by atoms with E-state index < -0.39 is 11.8 Å². The zero-order chi connectivity index (χ0) is 24.0. The van der Waals surface area contributed by atoms with E-state index in [9.17, 15) is 9.18 Å². The number of fused-ring (bicyclic) bond motifs is 1. The summed E-state index contributed by atoms with van der Waals surface area (Å²) in [5, 5.41) is 3.07. The van der Waals surface area contributed by atoms with E-state index >= 15 is 4.39 Å². The molecule has 2 aromatic carbocycles. The molecule has 2 aliphatic rings. The molecule has 0 radical (unpaired) electrons. The highest BCUT2D eigenvalue weighted by Crippen LogP contribution is 2.38. The molecule has 2 aliphatic heterocycles. The number of aromatic nitrogens is 1. The van der Waals surface area contributed by atoms with Crippen molar-refractivity contribution in [3.63, 3.8) is 0 Å². The number of nitrogens with zero attached hydrogens (tertiary/aromatic N) is 3. The monoisotopic (exact) mass is 483 g/mol. The van der Waals surface area contributed by atoms with Crippen LogP contribution in [-0.2, 0) is 6.42 Å². The molecule has 6 nitrogen and oxygen atoms in total. The van der Waals surface area contributed by atoms with E-state index in [1.807, 2.05) is 12.1 Å². The third-order valence-electron chi connectivity index (χ3n) is 6.52. The minimum Gasteiger partial charge on any atom is -0.383 e. The molecule has 176 valence electrons. The van der Waals surface area contributed by atoms with Gasteiger partial charge in [-0.1, -0.05) is 17.7 Å². The van der Waals surface area contributed by atoms with Gasteiger partial charge in [0, 0.05) is 66.2 Å². The van der Waals surface area contributed by atoms with Crippen molar-refractivity contribution in [1.82, 2.24) is 15.2 Å². The van der Waals surface area contributed by atoms with Gasteiger partial charge in [0.25, 0.3) is 5.91 Å². The average molecular weight is 484 g/mol. The number of pyridine rings is 1. The minimum absolute atomic E-state index is 0.133. The maximum absolute atomic E-state index is 15.0. The summed E-state index contributed by atoms with van der Waals surface area (Å²) in [6.07, 6.45) is 0.565. The van der Waals surface area contributed by atoms with Crippen molar-refractivity contribution < 1.29 is 13.6 Å². The molecular formula is C25H24ClF2N5O. The summed E-state index contributed by atoms with van der Waals surface area (Å²) >= 11 is 6.58. The standard InChI is InChI=1S/C25H24ClF2N5O/c1-32-6-8-33(9-7-32)15-2-3-16(21(26)11-15)19-12-20(24(29)31-23(19)28)18-10-14-4-5-30-25(34)17(14)13-22(18)27/h2-3,10-13H,4-9H2,1H3,(H2,29,31)(H,30,34). The largest absolute Gasteiger partial charge is 0.383 e. The van der Waals surface area contributed by atoms with Gasteiger partial charge in [-0.3, -0.25) is 4.79 Å². The Bertz CT molecular complexity index is 1290. The van der Waals surface area contributed by atoms with Gasteiger partial charge < -0.3 is 20.9 Å². The van der Waals surface area contributed by atoms with Crippen LogP contribution in [0.25, 0.3) is 22.3 Å².